The molecule has 0 rings (SSSR count). The van der Waals surface area contributed by atoms with Crippen molar-refractivity contribution in [1.29, 1.82) is 0 Å². The number of nitrogens with two attached hydrogens (primary N) is 1. The monoisotopic (exact) mass is 234 g/mol. The summed E-state index contributed by atoms with van der Waals surface area (Å²) in [6, 6.07) is 0.217. The summed E-state index contributed by atoms with van der Waals surface area (Å²) < 4.78 is 0. The maximum absolute atomic E-state index is 11.5. The van der Waals surface area contributed by atoms with Crippen molar-refractivity contribution in [3.8, 4) is 0 Å². The zero-order chi connectivity index (χ0) is 11.1. The smallest absolute Gasteiger partial charge is 0.229 e. The first-order chi connectivity index (χ1) is 6.52. The standard InChI is InChI=1S/C9H18N2OS2/c1-4-7(5-14-3)11-9(12)6(2)8(10)13/h6-7H,4-5H2,1-3H3,(H2,10,13)(H,11,12). The lowest BCUT2D eigenvalue weighted by atomic mass is 10.1. The van der Waals surface area contributed by atoms with Crippen molar-refractivity contribution in [2.24, 2.45) is 11.7 Å². The number of amides is 1. The lowest BCUT2D eigenvalue weighted by molar-refractivity contribution is -0.123. The van der Waals surface area contributed by atoms with E-state index in [0.29, 0.717) is 0 Å². The van der Waals surface area contributed by atoms with Crippen LogP contribution in [0.3, 0.4) is 0 Å². The Morgan fingerprint density at radius 2 is 2.21 bits per heavy atom. The first kappa shape index (κ1) is 13.7. The number of hydrogen-bond donors (Lipinski definition) is 2. The van der Waals surface area contributed by atoms with E-state index in [0.717, 1.165) is 12.2 Å². The van der Waals surface area contributed by atoms with Gasteiger partial charge in [-0.25, -0.2) is 0 Å². The zero-order valence-electron chi connectivity index (χ0n) is 8.87. The zero-order valence-corrected chi connectivity index (χ0v) is 10.5. The van der Waals surface area contributed by atoms with E-state index in [-0.39, 0.29) is 22.9 Å². The molecule has 3 nitrogen and oxygen atoms in total. The number of carbonyl (C=O) groups excluding carboxylic acids is 1. The second-order valence-electron chi connectivity index (χ2n) is 3.19. The highest BCUT2D eigenvalue weighted by Gasteiger charge is 2.18. The lowest BCUT2D eigenvalue weighted by Gasteiger charge is -2.18. The minimum atomic E-state index is -0.374. The minimum Gasteiger partial charge on any atom is -0.393 e. The van der Waals surface area contributed by atoms with Gasteiger partial charge in [-0.05, 0) is 19.6 Å². The molecule has 0 aromatic heterocycles. The summed E-state index contributed by atoms with van der Waals surface area (Å²) in [5, 5.41) is 2.92. The number of nitrogens with one attached hydrogen (secondary N) is 1. The molecule has 0 fully saturated rings. The molecule has 2 unspecified atom stereocenters. The molecule has 0 aliphatic carbocycles. The molecule has 5 heteroatoms. The molecule has 0 aliphatic heterocycles. The summed E-state index contributed by atoms with van der Waals surface area (Å²) in [5.74, 6) is 0.478. The molecular weight excluding hydrogens is 216 g/mol. The number of rotatable bonds is 6. The molecule has 1 amide bonds. The average molecular weight is 234 g/mol. The third-order valence-corrected chi connectivity index (χ3v) is 3.12. The third kappa shape index (κ3) is 4.81. The Bertz CT molecular complexity index is 209. The Balaban J connectivity index is 4.08. The summed E-state index contributed by atoms with van der Waals surface area (Å²) >= 11 is 6.48. The van der Waals surface area contributed by atoms with Crippen LogP contribution < -0.4 is 11.1 Å². The van der Waals surface area contributed by atoms with Crippen LogP contribution in [0, 0.1) is 5.92 Å². The molecule has 0 aliphatic rings. The third-order valence-electron chi connectivity index (χ3n) is 2.03. The van der Waals surface area contributed by atoms with Crippen LogP contribution in [0.1, 0.15) is 20.3 Å². The van der Waals surface area contributed by atoms with Gasteiger partial charge in [-0.2, -0.15) is 11.8 Å². The highest BCUT2D eigenvalue weighted by Crippen LogP contribution is 2.03. The molecule has 0 aromatic carbocycles. The molecule has 0 bridgehead atoms. The van der Waals surface area contributed by atoms with Gasteiger partial charge in [-0.3, -0.25) is 4.79 Å². The van der Waals surface area contributed by atoms with Gasteiger partial charge >= 0.3 is 0 Å². The average Bonchev–Trinajstić information content (AvgIpc) is 2.15. The summed E-state index contributed by atoms with van der Waals surface area (Å²) in [4.78, 5) is 11.8. The summed E-state index contributed by atoms with van der Waals surface area (Å²) in [5.41, 5.74) is 5.39. The first-order valence-electron chi connectivity index (χ1n) is 4.61. The molecule has 3 N–H and O–H groups in total. The van der Waals surface area contributed by atoms with Gasteiger partial charge in [0.1, 0.15) is 0 Å². The van der Waals surface area contributed by atoms with E-state index < -0.39 is 0 Å². The maximum atomic E-state index is 11.5. The number of thiocarbonyl (C=S) groups is 1. The van der Waals surface area contributed by atoms with E-state index in [1.807, 2.05) is 13.2 Å². The highest BCUT2D eigenvalue weighted by atomic mass is 32.2. The first-order valence-corrected chi connectivity index (χ1v) is 6.41. The van der Waals surface area contributed by atoms with E-state index in [1.165, 1.54) is 0 Å². The molecule has 0 saturated heterocycles. The summed E-state index contributed by atoms with van der Waals surface area (Å²) in [6.45, 7) is 3.77. The van der Waals surface area contributed by atoms with Gasteiger partial charge in [-0.1, -0.05) is 19.1 Å². The normalized spacial score (nSPS) is 14.5. The van der Waals surface area contributed by atoms with Crippen LogP contribution in [0.4, 0.5) is 0 Å². The van der Waals surface area contributed by atoms with Gasteiger partial charge < -0.3 is 11.1 Å². The van der Waals surface area contributed by atoms with Crippen molar-refractivity contribution in [3.05, 3.63) is 0 Å². The topological polar surface area (TPSA) is 55.1 Å². The quantitative estimate of drug-likeness (QED) is 0.677. The van der Waals surface area contributed by atoms with E-state index in [2.05, 4.69) is 5.32 Å². The summed E-state index contributed by atoms with van der Waals surface area (Å²) in [7, 11) is 0. The van der Waals surface area contributed by atoms with Crippen molar-refractivity contribution >= 4 is 34.9 Å². The van der Waals surface area contributed by atoms with Crippen molar-refractivity contribution in [2.75, 3.05) is 12.0 Å². The molecule has 0 aromatic rings. The van der Waals surface area contributed by atoms with Crippen LogP contribution in [-0.2, 0) is 4.79 Å². The number of thioether (sulfide) groups is 1. The van der Waals surface area contributed by atoms with Crippen LogP contribution in [0.25, 0.3) is 0 Å². The molecular formula is C9H18N2OS2. The minimum absolute atomic E-state index is 0.0709. The molecule has 14 heavy (non-hydrogen) atoms. The highest BCUT2D eigenvalue weighted by molar-refractivity contribution is 7.98. The Hall–Kier alpha value is -0.290. The van der Waals surface area contributed by atoms with Crippen molar-refractivity contribution in [3.63, 3.8) is 0 Å². The van der Waals surface area contributed by atoms with Crippen LogP contribution in [0.15, 0.2) is 0 Å². The van der Waals surface area contributed by atoms with E-state index in [9.17, 15) is 4.79 Å². The van der Waals surface area contributed by atoms with Gasteiger partial charge in [0.15, 0.2) is 0 Å². The van der Waals surface area contributed by atoms with Crippen LogP contribution in [0.5, 0.6) is 0 Å². The Morgan fingerprint density at radius 1 is 1.64 bits per heavy atom. The second kappa shape index (κ2) is 7.06. The van der Waals surface area contributed by atoms with Gasteiger partial charge in [0.2, 0.25) is 5.91 Å². The fraction of sp³-hybridized carbons (Fsp3) is 0.778. The number of carbonyl (C=O) groups is 1. The van der Waals surface area contributed by atoms with Gasteiger partial charge in [0.05, 0.1) is 10.9 Å². The Labute approximate surface area is 95.2 Å². The predicted molar refractivity (Wildman–Crippen MR) is 66.6 cm³/mol. The molecule has 2 atom stereocenters. The maximum Gasteiger partial charge on any atom is 0.229 e. The lowest BCUT2D eigenvalue weighted by Crippen LogP contribution is -2.42. The molecule has 0 radical (unpaired) electrons. The molecule has 0 saturated carbocycles. The van der Waals surface area contributed by atoms with Crippen molar-refractivity contribution < 1.29 is 4.79 Å². The molecule has 82 valence electrons. The van der Waals surface area contributed by atoms with E-state index in [1.54, 1.807) is 18.7 Å². The van der Waals surface area contributed by atoms with Gasteiger partial charge in [-0.15, -0.1) is 0 Å². The van der Waals surface area contributed by atoms with Crippen LogP contribution in [0.2, 0.25) is 0 Å². The van der Waals surface area contributed by atoms with E-state index >= 15 is 0 Å². The van der Waals surface area contributed by atoms with Crippen LogP contribution in [-0.4, -0.2) is 28.9 Å². The SMILES string of the molecule is CCC(CSC)NC(=O)C(C)C(N)=S. The second-order valence-corrected chi connectivity index (χ2v) is 4.58. The summed E-state index contributed by atoms with van der Waals surface area (Å²) in [6.07, 6.45) is 2.95. The molecule has 0 spiro atoms. The predicted octanol–water partition coefficient (Wildman–Crippen LogP) is 1.17. The largest absolute Gasteiger partial charge is 0.393 e. The Morgan fingerprint density at radius 3 is 2.57 bits per heavy atom. The Kier molecular flexibility index (Phi) is 6.92. The van der Waals surface area contributed by atoms with E-state index in [4.69, 9.17) is 18.0 Å². The number of hydrogen-bond acceptors (Lipinski definition) is 3. The van der Waals surface area contributed by atoms with Crippen molar-refractivity contribution in [2.45, 2.75) is 26.3 Å². The van der Waals surface area contributed by atoms with Gasteiger partial charge in [0.25, 0.3) is 0 Å². The van der Waals surface area contributed by atoms with Crippen LogP contribution >= 0.6 is 24.0 Å². The van der Waals surface area contributed by atoms with Gasteiger partial charge in [0, 0.05) is 11.8 Å². The fourth-order valence-corrected chi connectivity index (χ4v) is 1.75. The van der Waals surface area contributed by atoms with Crippen molar-refractivity contribution in [1.82, 2.24) is 5.32 Å². The molecule has 0 heterocycles. The fourth-order valence-electron chi connectivity index (χ4n) is 0.918.